The molecule has 6 N–H and O–H groups in total. The Balaban J connectivity index is 1.93. The van der Waals surface area contributed by atoms with E-state index in [0.717, 1.165) is 16.5 Å². The van der Waals surface area contributed by atoms with Crippen molar-refractivity contribution in [3.05, 3.63) is 36.0 Å². The van der Waals surface area contributed by atoms with Gasteiger partial charge in [0.2, 0.25) is 11.8 Å². The third kappa shape index (κ3) is 5.82. The molecule has 8 nitrogen and oxygen atoms in total. The standard InChI is InChI=1S/C19H26N4O4/c1-11(2)7-14(20)18(25)22-10-17(24)23-16(19(26)27)8-12-9-21-15-6-4-3-5-13(12)15/h3-6,9,11,14,16,21H,7-8,10,20H2,1-2H3,(H,22,25)(H,23,24)(H,26,27). The number of carboxylic acids is 1. The maximum atomic E-state index is 12.1. The fraction of sp³-hybridized carbons (Fsp3) is 0.421. The van der Waals surface area contributed by atoms with E-state index < -0.39 is 29.9 Å². The van der Waals surface area contributed by atoms with Crippen LogP contribution in [0, 0.1) is 5.92 Å². The van der Waals surface area contributed by atoms with Crippen LogP contribution in [-0.2, 0) is 20.8 Å². The fourth-order valence-electron chi connectivity index (χ4n) is 2.88. The molecule has 0 aliphatic heterocycles. The minimum atomic E-state index is -1.14. The first-order valence-corrected chi connectivity index (χ1v) is 8.88. The second-order valence-electron chi connectivity index (χ2n) is 6.98. The van der Waals surface area contributed by atoms with Gasteiger partial charge in [-0.1, -0.05) is 32.0 Å². The van der Waals surface area contributed by atoms with Crippen molar-refractivity contribution in [2.45, 2.75) is 38.8 Å². The highest BCUT2D eigenvalue weighted by Gasteiger charge is 2.22. The zero-order valence-corrected chi connectivity index (χ0v) is 15.5. The molecule has 2 aromatic rings. The Morgan fingerprint density at radius 2 is 1.93 bits per heavy atom. The molecule has 0 spiro atoms. The zero-order chi connectivity index (χ0) is 20.0. The van der Waals surface area contributed by atoms with Gasteiger partial charge in [0.25, 0.3) is 0 Å². The van der Waals surface area contributed by atoms with Crippen molar-refractivity contribution in [1.82, 2.24) is 15.6 Å². The SMILES string of the molecule is CC(C)CC(N)C(=O)NCC(=O)NC(Cc1c[nH]c2ccccc12)C(=O)O. The summed E-state index contributed by atoms with van der Waals surface area (Å²) in [4.78, 5) is 38.5. The number of para-hydroxylation sites is 1. The number of amides is 2. The molecule has 2 atom stereocenters. The van der Waals surface area contributed by atoms with E-state index in [9.17, 15) is 19.5 Å². The van der Waals surface area contributed by atoms with Crippen molar-refractivity contribution in [3.8, 4) is 0 Å². The van der Waals surface area contributed by atoms with Crippen LogP contribution in [0.1, 0.15) is 25.8 Å². The van der Waals surface area contributed by atoms with Crippen LogP contribution in [0.5, 0.6) is 0 Å². The minimum Gasteiger partial charge on any atom is -0.480 e. The van der Waals surface area contributed by atoms with Gasteiger partial charge in [-0.25, -0.2) is 4.79 Å². The Bertz CT molecular complexity index is 815. The molecule has 8 heteroatoms. The number of aromatic nitrogens is 1. The summed E-state index contributed by atoms with van der Waals surface area (Å²) < 4.78 is 0. The van der Waals surface area contributed by atoms with E-state index in [2.05, 4.69) is 15.6 Å². The van der Waals surface area contributed by atoms with Gasteiger partial charge in [0, 0.05) is 23.5 Å². The number of fused-ring (bicyclic) bond motifs is 1. The summed E-state index contributed by atoms with van der Waals surface area (Å²) >= 11 is 0. The molecule has 0 radical (unpaired) electrons. The number of rotatable bonds is 9. The zero-order valence-electron chi connectivity index (χ0n) is 15.5. The van der Waals surface area contributed by atoms with E-state index in [-0.39, 0.29) is 18.9 Å². The Hall–Kier alpha value is -2.87. The number of nitrogens with one attached hydrogen (secondary N) is 3. The van der Waals surface area contributed by atoms with Crippen LogP contribution in [0.2, 0.25) is 0 Å². The molecule has 1 aromatic carbocycles. The van der Waals surface area contributed by atoms with Gasteiger partial charge in [0.1, 0.15) is 6.04 Å². The summed E-state index contributed by atoms with van der Waals surface area (Å²) in [5, 5.41) is 15.2. The molecule has 0 aliphatic rings. The Labute approximate surface area is 157 Å². The number of carbonyl (C=O) groups excluding carboxylic acids is 2. The quantitative estimate of drug-likeness (QED) is 0.441. The van der Waals surface area contributed by atoms with Gasteiger partial charge >= 0.3 is 5.97 Å². The van der Waals surface area contributed by atoms with Gasteiger partial charge in [0.15, 0.2) is 0 Å². The van der Waals surface area contributed by atoms with E-state index in [1.165, 1.54) is 0 Å². The first kappa shape index (κ1) is 20.4. The number of aromatic amines is 1. The predicted molar refractivity (Wildman–Crippen MR) is 102 cm³/mol. The lowest BCUT2D eigenvalue weighted by molar-refractivity contribution is -0.141. The monoisotopic (exact) mass is 374 g/mol. The topological polar surface area (TPSA) is 137 Å². The minimum absolute atomic E-state index is 0.131. The molecule has 27 heavy (non-hydrogen) atoms. The summed E-state index contributed by atoms with van der Waals surface area (Å²) in [6, 6.07) is 5.73. The summed E-state index contributed by atoms with van der Waals surface area (Å²) in [5.74, 6) is -1.89. The molecule has 1 heterocycles. The lowest BCUT2D eigenvalue weighted by Crippen LogP contribution is -2.49. The van der Waals surface area contributed by atoms with Crippen LogP contribution in [0.4, 0.5) is 0 Å². The van der Waals surface area contributed by atoms with Gasteiger partial charge in [-0.05, 0) is 24.0 Å². The van der Waals surface area contributed by atoms with Gasteiger partial charge in [-0.2, -0.15) is 0 Å². The van der Waals surface area contributed by atoms with E-state index in [4.69, 9.17) is 5.73 Å². The molecular formula is C19H26N4O4. The largest absolute Gasteiger partial charge is 0.480 e. The molecule has 0 saturated heterocycles. The smallest absolute Gasteiger partial charge is 0.326 e. The van der Waals surface area contributed by atoms with Gasteiger partial charge < -0.3 is 26.5 Å². The number of hydrogen-bond acceptors (Lipinski definition) is 4. The van der Waals surface area contributed by atoms with Crippen LogP contribution in [0.15, 0.2) is 30.5 Å². The van der Waals surface area contributed by atoms with E-state index in [1.54, 1.807) is 6.20 Å². The van der Waals surface area contributed by atoms with Crippen LogP contribution >= 0.6 is 0 Å². The average Bonchev–Trinajstić information content (AvgIpc) is 3.01. The van der Waals surface area contributed by atoms with Crippen LogP contribution < -0.4 is 16.4 Å². The number of aliphatic carboxylic acids is 1. The molecule has 2 unspecified atom stereocenters. The van der Waals surface area contributed by atoms with E-state index in [1.807, 2.05) is 38.1 Å². The van der Waals surface area contributed by atoms with E-state index >= 15 is 0 Å². The molecule has 2 rings (SSSR count). The first-order valence-electron chi connectivity index (χ1n) is 8.88. The predicted octanol–water partition coefficient (Wildman–Crippen LogP) is 0.769. The van der Waals surface area contributed by atoms with Crippen molar-refractivity contribution in [1.29, 1.82) is 0 Å². The fourth-order valence-corrected chi connectivity index (χ4v) is 2.88. The molecule has 0 aliphatic carbocycles. The number of H-pyrrole nitrogens is 1. The molecule has 1 aromatic heterocycles. The lowest BCUT2D eigenvalue weighted by atomic mass is 10.0. The van der Waals surface area contributed by atoms with Crippen molar-refractivity contribution < 1.29 is 19.5 Å². The highest BCUT2D eigenvalue weighted by Crippen LogP contribution is 2.19. The molecule has 0 fully saturated rings. The second-order valence-corrected chi connectivity index (χ2v) is 6.98. The Morgan fingerprint density at radius 1 is 1.22 bits per heavy atom. The molecule has 0 saturated carbocycles. The molecular weight excluding hydrogens is 348 g/mol. The summed E-state index contributed by atoms with van der Waals surface area (Å²) in [6.45, 7) is 3.58. The normalized spacial score (nSPS) is 13.3. The van der Waals surface area contributed by atoms with Crippen LogP contribution in [-0.4, -0.2) is 46.5 Å². The van der Waals surface area contributed by atoms with E-state index in [0.29, 0.717) is 6.42 Å². The Morgan fingerprint density at radius 3 is 2.59 bits per heavy atom. The van der Waals surface area contributed by atoms with Crippen molar-refractivity contribution >= 4 is 28.7 Å². The third-order valence-corrected chi connectivity index (χ3v) is 4.22. The van der Waals surface area contributed by atoms with Gasteiger partial charge in [0.05, 0.1) is 12.6 Å². The van der Waals surface area contributed by atoms with Crippen molar-refractivity contribution in [2.75, 3.05) is 6.54 Å². The van der Waals surface area contributed by atoms with Crippen molar-refractivity contribution in [3.63, 3.8) is 0 Å². The summed E-state index contributed by atoms with van der Waals surface area (Å²) in [6.07, 6.45) is 2.37. The highest BCUT2D eigenvalue weighted by atomic mass is 16.4. The molecule has 2 amide bonds. The number of carboxylic acid groups (broad SMARTS) is 1. The number of carbonyl (C=O) groups is 3. The van der Waals surface area contributed by atoms with Crippen LogP contribution in [0.25, 0.3) is 10.9 Å². The Kier molecular flexibility index (Phi) is 6.95. The number of nitrogens with two attached hydrogens (primary N) is 1. The number of hydrogen-bond donors (Lipinski definition) is 5. The summed E-state index contributed by atoms with van der Waals surface area (Å²) in [7, 11) is 0. The van der Waals surface area contributed by atoms with Gasteiger partial charge in [-0.3, -0.25) is 9.59 Å². The third-order valence-electron chi connectivity index (χ3n) is 4.22. The van der Waals surface area contributed by atoms with Crippen molar-refractivity contribution in [2.24, 2.45) is 11.7 Å². The lowest BCUT2D eigenvalue weighted by Gasteiger charge is -2.16. The van der Waals surface area contributed by atoms with Crippen LogP contribution in [0.3, 0.4) is 0 Å². The molecule has 146 valence electrons. The second kappa shape index (κ2) is 9.18. The average molecular weight is 374 g/mol. The van der Waals surface area contributed by atoms with Gasteiger partial charge in [-0.15, -0.1) is 0 Å². The number of benzene rings is 1. The summed E-state index contributed by atoms with van der Waals surface area (Å²) in [5.41, 5.74) is 7.45. The highest BCUT2D eigenvalue weighted by molar-refractivity contribution is 5.90. The maximum absolute atomic E-state index is 12.1. The maximum Gasteiger partial charge on any atom is 0.326 e. The molecule has 0 bridgehead atoms. The first-order chi connectivity index (χ1) is 12.8.